The van der Waals surface area contributed by atoms with Crippen LogP contribution in [0.4, 0.5) is 0 Å². The maximum atomic E-state index is 11.1. The molecule has 0 saturated carbocycles. The highest BCUT2D eigenvalue weighted by Gasteiger charge is 2.16. The van der Waals surface area contributed by atoms with Crippen LogP contribution in [0.1, 0.15) is 22.5 Å². The molecule has 1 aliphatic rings. The molecule has 0 spiro atoms. The zero-order chi connectivity index (χ0) is 11.7. The Labute approximate surface area is 94.6 Å². The normalized spacial score (nSPS) is 14.3. The molecule has 0 fully saturated rings. The van der Waals surface area contributed by atoms with Gasteiger partial charge in [-0.15, -0.1) is 0 Å². The van der Waals surface area contributed by atoms with Gasteiger partial charge in [-0.25, -0.2) is 0 Å². The summed E-state index contributed by atoms with van der Waals surface area (Å²) >= 11 is 0. The van der Waals surface area contributed by atoms with Gasteiger partial charge >= 0.3 is 0 Å². The second-order valence-electron chi connectivity index (χ2n) is 4.03. The smallest absolute Gasteiger partial charge is 0.250 e. The zero-order valence-corrected chi connectivity index (χ0v) is 9.34. The molecular formula is C12H15N3O. The molecule has 16 heavy (non-hydrogen) atoms. The first-order valence-electron chi connectivity index (χ1n) is 5.29. The summed E-state index contributed by atoms with van der Waals surface area (Å²) in [7, 11) is 0. The molecule has 0 atom stereocenters. The van der Waals surface area contributed by atoms with Crippen molar-refractivity contribution in [3.05, 3.63) is 35.2 Å². The van der Waals surface area contributed by atoms with E-state index in [0.717, 1.165) is 30.8 Å². The highest BCUT2D eigenvalue weighted by atomic mass is 16.1. The van der Waals surface area contributed by atoms with Gasteiger partial charge < -0.3 is 11.1 Å². The van der Waals surface area contributed by atoms with E-state index in [1.807, 2.05) is 6.92 Å². The van der Waals surface area contributed by atoms with E-state index in [4.69, 9.17) is 5.73 Å². The number of nitrogens with two attached hydrogens (primary N) is 1. The summed E-state index contributed by atoms with van der Waals surface area (Å²) in [5.74, 6) is -0.515. The lowest BCUT2D eigenvalue weighted by Gasteiger charge is -2.18. The van der Waals surface area contributed by atoms with Crippen LogP contribution in [0.25, 0.3) is 5.57 Å². The fourth-order valence-electron chi connectivity index (χ4n) is 1.93. The number of aromatic nitrogens is 1. The highest BCUT2D eigenvalue weighted by Crippen LogP contribution is 2.20. The lowest BCUT2D eigenvalue weighted by molar-refractivity contribution is -0.112. The minimum atomic E-state index is -0.515. The fourth-order valence-corrected chi connectivity index (χ4v) is 1.93. The number of aryl methyl sites for hydroxylation is 1. The van der Waals surface area contributed by atoms with Crippen molar-refractivity contribution in [2.45, 2.75) is 19.9 Å². The molecule has 1 amide bonds. The van der Waals surface area contributed by atoms with Gasteiger partial charge in [-0.3, -0.25) is 9.78 Å². The molecular weight excluding hydrogens is 202 g/mol. The van der Waals surface area contributed by atoms with E-state index in [2.05, 4.69) is 22.9 Å². The molecule has 4 nitrogen and oxygen atoms in total. The number of nitrogens with zero attached hydrogens (tertiary/aromatic N) is 1. The van der Waals surface area contributed by atoms with Crippen molar-refractivity contribution in [1.82, 2.24) is 10.3 Å². The highest BCUT2D eigenvalue weighted by molar-refractivity contribution is 6.17. The van der Waals surface area contributed by atoms with E-state index < -0.39 is 5.91 Å². The van der Waals surface area contributed by atoms with Crippen molar-refractivity contribution in [2.75, 3.05) is 6.54 Å². The molecule has 0 aromatic carbocycles. The van der Waals surface area contributed by atoms with Crippen molar-refractivity contribution in [2.24, 2.45) is 5.73 Å². The Balaban J connectivity index is 2.47. The van der Waals surface area contributed by atoms with E-state index in [-0.39, 0.29) is 5.57 Å². The quantitative estimate of drug-likeness (QED) is 0.710. The Morgan fingerprint density at radius 3 is 3.06 bits per heavy atom. The molecule has 0 saturated heterocycles. The van der Waals surface area contributed by atoms with Crippen LogP contribution in [0, 0.1) is 6.92 Å². The van der Waals surface area contributed by atoms with Crippen molar-refractivity contribution in [3.8, 4) is 0 Å². The van der Waals surface area contributed by atoms with Crippen LogP contribution in [0.2, 0.25) is 0 Å². The maximum absolute atomic E-state index is 11.1. The Hall–Kier alpha value is -1.68. The number of nitrogens with one attached hydrogen (secondary N) is 1. The molecule has 0 radical (unpaired) electrons. The first-order valence-corrected chi connectivity index (χ1v) is 5.29. The number of carbonyl (C=O) groups is 1. The van der Waals surface area contributed by atoms with E-state index in [1.54, 1.807) is 0 Å². The average Bonchev–Trinajstić information content (AvgIpc) is 2.27. The van der Waals surface area contributed by atoms with Crippen LogP contribution < -0.4 is 11.1 Å². The standard InChI is InChI=1S/C12H15N3O/c1-7-5-9-3-4-14-6-10(9)15-11(7)8(2)12(13)16/h5,14H,2-4,6H2,1H3,(H2,13,16). The molecule has 1 aromatic rings. The van der Waals surface area contributed by atoms with E-state index in [1.165, 1.54) is 5.56 Å². The van der Waals surface area contributed by atoms with E-state index in [9.17, 15) is 4.79 Å². The first kappa shape index (κ1) is 10.8. The third-order valence-electron chi connectivity index (χ3n) is 2.83. The van der Waals surface area contributed by atoms with Gasteiger partial charge in [0.15, 0.2) is 0 Å². The van der Waals surface area contributed by atoms with Gasteiger partial charge in [0.25, 0.3) is 0 Å². The summed E-state index contributed by atoms with van der Waals surface area (Å²) < 4.78 is 0. The predicted octanol–water partition coefficient (Wildman–Crippen LogP) is 0.534. The van der Waals surface area contributed by atoms with Gasteiger partial charge in [0.1, 0.15) is 0 Å². The molecule has 2 rings (SSSR count). The van der Waals surface area contributed by atoms with Gasteiger partial charge in [0, 0.05) is 6.54 Å². The summed E-state index contributed by atoms with van der Waals surface area (Å²) in [6.07, 6.45) is 0.979. The van der Waals surface area contributed by atoms with Gasteiger partial charge in [-0.05, 0) is 31.0 Å². The zero-order valence-electron chi connectivity index (χ0n) is 9.34. The second kappa shape index (κ2) is 4.06. The fraction of sp³-hybridized carbons (Fsp3) is 0.333. The Morgan fingerprint density at radius 1 is 1.62 bits per heavy atom. The Morgan fingerprint density at radius 2 is 2.38 bits per heavy atom. The molecule has 0 aliphatic carbocycles. The Bertz CT molecular complexity index is 466. The number of rotatable bonds is 2. The minimum absolute atomic E-state index is 0.283. The topological polar surface area (TPSA) is 68.0 Å². The van der Waals surface area contributed by atoms with E-state index in [0.29, 0.717) is 5.69 Å². The number of hydrogen-bond acceptors (Lipinski definition) is 3. The third kappa shape index (κ3) is 1.84. The lowest BCUT2D eigenvalue weighted by Crippen LogP contribution is -2.26. The Kier molecular flexibility index (Phi) is 2.75. The van der Waals surface area contributed by atoms with Gasteiger partial charge in [-0.1, -0.05) is 12.6 Å². The summed E-state index contributed by atoms with van der Waals surface area (Å²) in [4.78, 5) is 15.6. The molecule has 1 aromatic heterocycles. The van der Waals surface area contributed by atoms with Crippen LogP contribution in [0.15, 0.2) is 12.6 Å². The maximum Gasteiger partial charge on any atom is 0.250 e. The van der Waals surface area contributed by atoms with Crippen molar-refractivity contribution < 1.29 is 4.79 Å². The van der Waals surface area contributed by atoms with Crippen LogP contribution >= 0.6 is 0 Å². The molecule has 3 N–H and O–H groups in total. The summed E-state index contributed by atoms with van der Waals surface area (Å²) in [6.45, 7) is 7.33. The first-order chi connectivity index (χ1) is 7.59. The van der Waals surface area contributed by atoms with Gasteiger partial charge in [-0.2, -0.15) is 0 Å². The number of amides is 1. The van der Waals surface area contributed by atoms with Gasteiger partial charge in [0.05, 0.1) is 17.0 Å². The summed E-state index contributed by atoms with van der Waals surface area (Å²) in [5.41, 5.74) is 9.33. The molecule has 1 aliphatic heterocycles. The number of carbonyl (C=O) groups excluding carboxylic acids is 1. The molecule has 4 heteroatoms. The molecule has 84 valence electrons. The number of pyridine rings is 1. The average molecular weight is 217 g/mol. The third-order valence-corrected chi connectivity index (χ3v) is 2.83. The summed E-state index contributed by atoms with van der Waals surface area (Å²) in [6, 6.07) is 2.08. The summed E-state index contributed by atoms with van der Waals surface area (Å²) in [5, 5.41) is 3.25. The van der Waals surface area contributed by atoms with E-state index >= 15 is 0 Å². The van der Waals surface area contributed by atoms with Crippen LogP contribution in [-0.4, -0.2) is 17.4 Å². The second-order valence-corrected chi connectivity index (χ2v) is 4.03. The van der Waals surface area contributed by atoms with Gasteiger partial charge in [0.2, 0.25) is 5.91 Å². The number of fused-ring (bicyclic) bond motifs is 1. The number of primary amides is 1. The molecule has 0 bridgehead atoms. The predicted molar refractivity (Wildman–Crippen MR) is 62.6 cm³/mol. The van der Waals surface area contributed by atoms with Crippen molar-refractivity contribution >= 4 is 11.5 Å². The van der Waals surface area contributed by atoms with Crippen molar-refractivity contribution in [1.29, 1.82) is 0 Å². The monoisotopic (exact) mass is 217 g/mol. The SMILES string of the molecule is C=C(C(N)=O)c1nc2c(cc1C)CCNC2. The van der Waals surface area contributed by atoms with Crippen molar-refractivity contribution in [3.63, 3.8) is 0 Å². The molecule has 0 unspecified atom stereocenters. The van der Waals surface area contributed by atoms with Crippen LogP contribution in [0.3, 0.4) is 0 Å². The lowest BCUT2D eigenvalue weighted by atomic mass is 10.00. The number of hydrogen-bond donors (Lipinski definition) is 2. The largest absolute Gasteiger partial charge is 0.366 e. The van der Waals surface area contributed by atoms with Crippen LogP contribution in [-0.2, 0) is 17.8 Å². The van der Waals surface area contributed by atoms with Crippen LogP contribution in [0.5, 0.6) is 0 Å². The molecule has 2 heterocycles. The minimum Gasteiger partial charge on any atom is -0.366 e.